The monoisotopic (exact) mass is 490 g/mol. The van der Waals surface area contributed by atoms with Crippen LogP contribution in [0.15, 0.2) is 57.5 Å². The molecule has 2 heterocycles. The molecule has 0 aliphatic carbocycles. The molecular weight excluding hydrogens is 475 g/mol. The van der Waals surface area contributed by atoms with Crippen LogP contribution in [0.2, 0.25) is 0 Å². The van der Waals surface area contributed by atoms with Gasteiger partial charge in [-0.05, 0) is 42.5 Å². The van der Waals surface area contributed by atoms with Crippen LogP contribution in [0.4, 0.5) is 4.39 Å². The second-order valence-corrected chi connectivity index (χ2v) is 8.87. The van der Waals surface area contributed by atoms with E-state index in [0.717, 1.165) is 37.2 Å². The lowest BCUT2D eigenvalue weighted by Crippen LogP contribution is -1.95. The zero-order valence-electron chi connectivity index (χ0n) is 15.6. The van der Waals surface area contributed by atoms with Gasteiger partial charge in [0, 0.05) is 28.2 Å². The number of thioether (sulfide) groups is 1. The van der Waals surface area contributed by atoms with Gasteiger partial charge in [-0.3, -0.25) is 0 Å². The standard InChI is InChI=1S/C20H16BrFN4OS2/c1-26-18(12-3-6-14(22)7-4-12)24-25-20(26)29-11-15-10-28-19(23-15)16-9-13(21)5-8-17(16)27-2/h3-10H,11H2,1-2H3. The predicted octanol–water partition coefficient (Wildman–Crippen LogP) is 5.81. The van der Waals surface area contributed by atoms with E-state index >= 15 is 0 Å². The predicted molar refractivity (Wildman–Crippen MR) is 118 cm³/mol. The van der Waals surface area contributed by atoms with Gasteiger partial charge >= 0.3 is 0 Å². The molecule has 0 radical (unpaired) electrons. The second kappa shape index (κ2) is 8.64. The molecule has 0 atom stereocenters. The van der Waals surface area contributed by atoms with Crippen molar-refractivity contribution in [2.75, 3.05) is 7.11 Å². The van der Waals surface area contributed by atoms with E-state index in [0.29, 0.717) is 11.6 Å². The van der Waals surface area contributed by atoms with Gasteiger partial charge in [-0.15, -0.1) is 21.5 Å². The van der Waals surface area contributed by atoms with Crippen LogP contribution in [-0.4, -0.2) is 26.9 Å². The average Bonchev–Trinajstić information content (AvgIpc) is 3.34. The lowest BCUT2D eigenvalue weighted by Gasteiger charge is -2.06. The Hall–Kier alpha value is -2.23. The molecule has 0 aliphatic rings. The number of nitrogens with zero attached hydrogens (tertiary/aromatic N) is 4. The van der Waals surface area contributed by atoms with Gasteiger partial charge in [0.15, 0.2) is 11.0 Å². The molecule has 4 rings (SSSR count). The molecule has 0 bridgehead atoms. The number of aromatic nitrogens is 4. The molecule has 2 aromatic heterocycles. The fraction of sp³-hybridized carbons (Fsp3) is 0.150. The number of benzene rings is 2. The van der Waals surface area contributed by atoms with Gasteiger partial charge in [-0.1, -0.05) is 27.7 Å². The molecule has 0 fully saturated rings. The summed E-state index contributed by atoms with van der Waals surface area (Å²) in [4.78, 5) is 4.75. The van der Waals surface area contributed by atoms with Crippen molar-refractivity contribution in [3.63, 3.8) is 0 Å². The van der Waals surface area contributed by atoms with Gasteiger partial charge in [0.2, 0.25) is 0 Å². The number of ether oxygens (including phenoxy) is 1. The Bertz CT molecular complexity index is 1140. The zero-order valence-corrected chi connectivity index (χ0v) is 18.8. The van der Waals surface area contributed by atoms with E-state index in [1.165, 1.54) is 12.1 Å². The van der Waals surface area contributed by atoms with Crippen molar-refractivity contribution < 1.29 is 9.13 Å². The first-order chi connectivity index (χ1) is 14.0. The number of hydrogen-bond acceptors (Lipinski definition) is 6. The fourth-order valence-corrected chi connectivity index (χ4v) is 4.88. The molecule has 9 heteroatoms. The molecule has 5 nitrogen and oxygen atoms in total. The molecule has 0 spiro atoms. The molecule has 0 unspecified atom stereocenters. The molecular formula is C20H16BrFN4OS2. The van der Waals surface area contributed by atoms with E-state index in [-0.39, 0.29) is 5.82 Å². The smallest absolute Gasteiger partial charge is 0.191 e. The summed E-state index contributed by atoms with van der Waals surface area (Å²) in [6.07, 6.45) is 0. The maximum absolute atomic E-state index is 13.1. The summed E-state index contributed by atoms with van der Waals surface area (Å²) in [5.74, 6) is 1.89. The van der Waals surface area contributed by atoms with E-state index in [9.17, 15) is 4.39 Å². The maximum Gasteiger partial charge on any atom is 0.191 e. The Kier molecular flexibility index (Phi) is 5.98. The highest BCUT2D eigenvalue weighted by Crippen LogP contribution is 2.35. The van der Waals surface area contributed by atoms with E-state index in [4.69, 9.17) is 9.72 Å². The van der Waals surface area contributed by atoms with Gasteiger partial charge in [0.1, 0.15) is 16.6 Å². The van der Waals surface area contributed by atoms with Crippen LogP contribution in [0.25, 0.3) is 22.0 Å². The molecule has 0 saturated heterocycles. The first-order valence-corrected chi connectivity index (χ1v) is 11.3. The second-order valence-electron chi connectivity index (χ2n) is 6.15. The van der Waals surface area contributed by atoms with E-state index in [1.54, 1.807) is 42.3 Å². The van der Waals surface area contributed by atoms with Crippen LogP contribution in [0, 0.1) is 5.82 Å². The molecule has 0 aliphatic heterocycles. The highest BCUT2D eigenvalue weighted by molar-refractivity contribution is 9.10. The summed E-state index contributed by atoms with van der Waals surface area (Å²) in [6.45, 7) is 0. The summed E-state index contributed by atoms with van der Waals surface area (Å²) in [6, 6.07) is 12.1. The van der Waals surface area contributed by atoms with Crippen LogP contribution < -0.4 is 4.74 Å². The molecule has 0 saturated carbocycles. The van der Waals surface area contributed by atoms with Crippen LogP contribution in [0.1, 0.15) is 5.69 Å². The van der Waals surface area contributed by atoms with Crippen molar-refractivity contribution in [3.05, 3.63) is 63.8 Å². The molecule has 4 aromatic rings. The number of rotatable bonds is 6. The van der Waals surface area contributed by atoms with Crippen molar-refractivity contribution in [1.82, 2.24) is 19.7 Å². The van der Waals surface area contributed by atoms with Crippen molar-refractivity contribution >= 4 is 39.0 Å². The zero-order chi connectivity index (χ0) is 20.4. The third-order valence-corrected chi connectivity index (χ3v) is 6.70. The Morgan fingerprint density at radius 1 is 1.17 bits per heavy atom. The highest BCUT2D eigenvalue weighted by Gasteiger charge is 2.14. The van der Waals surface area contributed by atoms with Crippen LogP contribution >= 0.6 is 39.0 Å². The Morgan fingerprint density at radius 3 is 2.72 bits per heavy atom. The maximum atomic E-state index is 13.1. The third kappa shape index (κ3) is 4.36. The fourth-order valence-electron chi connectivity index (χ4n) is 2.77. The molecule has 0 N–H and O–H groups in total. The highest BCUT2D eigenvalue weighted by atomic mass is 79.9. The third-order valence-electron chi connectivity index (χ3n) is 4.23. The van der Waals surface area contributed by atoms with E-state index in [1.807, 2.05) is 35.2 Å². The summed E-state index contributed by atoms with van der Waals surface area (Å²) in [5, 5.41) is 12.2. The number of halogens is 2. The Morgan fingerprint density at radius 2 is 1.97 bits per heavy atom. The summed E-state index contributed by atoms with van der Waals surface area (Å²) in [5.41, 5.74) is 2.75. The van der Waals surface area contributed by atoms with Gasteiger partial charge in [-0.2, -0.15) is 0 Å². The molecule has 0 amide bonds. The molecule has 2 aromatic carbocycles. The lowest BCUT2D eigenvalue weighted by molar-refractivity contribution is 0.416. The summed E-state index contributed by atoms with van der Waals surface area (Å²) < 4.78 is 21.5. The number of thiazole rings is 1. The topological polar surface area (TPSA) is 52.8 Å². The van der Waals surface area contributed by atoms with Crippen molar-refractivity contribution in [2.24, 2.45) is 7.05 Å². The van der Waals surface area contributed by atoms with Crippen LogP contribution in [0.3, 0.4) is 0 Å². The number of methoxy groups -OCH3 is 1. The van der Waals surface area contributed by atoms with Crippen molar-refractivity contribution in [3.8, 4) is 27.7 Å². The van der Waals surface area contributed by atoms with Crippen molar-refractivity contribution in [2.45, 2.75) is 10.9 Å². The van der Waals surface area contributed by atoms with Gasteiger partial charge in [-0.25, -0.2) is 9.37 Å². The van der Waals surface area contributed by atoms with Gasteiger partial charge in [0.25, 0.3) is 0 Å². The van der Waals surface area contributed by atoms with E-state index in [2.05, 4.69) is 26.1 Å². The van der Waals surface area contributed by atoms with Crippen molar-refractivity contribution in [1.29, 1.82) is 0 Å². The molecule has 148 valence electrons. The Labute approximate surface area is 184 Å². The minimum atomic E-state index is -0.271. The van der Waals surface area contributed by atoms with Crippen LogP contribution in [-0.2, 0) is 12.8 Å². The normalized spacial score (nSPS) is 11.0. The lowest BCUT2D eigenvalue weighted by atomic mass is 10.2. The largest absolute Gasteiger partial charge is 0.496 e. The quantitative estimate of drug-likeness (QED) is 0.319. The minimum absolute atomic E-state index is 0.271. The van der Waals surface area contributed by atoms with Gasteiger partial charge < -0.3 is 9.30 Å². The first-order valence-electron chi connectivity index (χ1n) is 8.61. The minimum Gasteiger partial charge on any atom is -0.496 e. The summed E-state index contributed by atoms with van der Waals surface area (Å²) in [7, 11) is 3.56. The first kappa shape index (κ1) is 20.1. The van der Waals surface area contributed by atoms with Gasteiger partial charge in [0.05, 0.1) is 18.4 Å². The Balaban J connectivity index is 1.50. The van der Waals surface area contributed by atoms with Crippen LogP contribution in [0.5, 0.6) is 5.75 Å². The van der Waals surface area contributed by atoms with E-state index < -0.39 is 0 Å². The molecule has 29 heavy (non-hydrogen) atoms. The SMILES string of the molecule is COc1ccc(Br)cc1-c1nc(CSc2nnc(-c3ccc(F)cc3)n2C)cs1. The number of hydrogen-bond donors (Lipinski definition) is 0. The average molecular weight is 491 g/mol. The summed E-state index contributed by atoms with van der Waals surface area (Å²) >= 11 is 6.64.